The van der Waals surface area contributed by atoms with Crippen LogP contribution < -0.4 is 11.1 Å². The molecule has 4 N–H and O–H groups in total. The molecule has 1 heterocycles. The first-order valence-electron chi connectivity index (χ1n) is 3.87. The lowest BCUT2D eigenvalue weighted by molar-refractivity contribution is 0.450. The molecule has 1 saturated carbocycles. The zero-order valence-electron chi connectivity index (χ0n) is 5.93. The largest absolute Gasteiger partial charge is 0.386 e. The molecule has 2 rings (SSSR count). The molecule has 3 nitrogen and oxygen atoms in total. The average Bonchev–Trinajstić information content (AvgIpc) is 2.44. The average molecular weight is 139 g/mol. The standard InChI is InChI=1S/C7H13N3/c8-7(9)6-4-1-2-5(3-4)10-6/h4-6,10H,1-3H2,(H3,8,9)/t4-,5+,6?/m0/s1. The summed E-state index contributed by atoms with van der Waals surface area (Å²) in [5.74, 6) is 0.995. The van der Waals surface area contributed by atoms with Gasteiger partial charge in [0.15, 0.2) is 0 Å². The second-order valence-corrected chi connectivity index (χ2v) is 3.37. The van der Waals surface area contributed by atoms with E-state index >= 15 is 0 Å². The van der Waals surface area contributed by atoms with Gasteiger partial charge in [0, 0.05) is 6.04 Å². The van der Waals surface area contributed by atoms with Crippen LogP contribution in [0.3, 0.4) is 0 Å². The van der Waals surface area contributed by atoms with Crippen molar-refractivity contribution in [3.8, 4) is 0 Å². The first-order chi connectivity index (χ1) is 4.77. The number of hydrogen-bond acceptors (Lipinski definition) is 2. The van der Waals surface area contributed by atoms with Crippen molar-refractivity contribution < 1.29 is 0 Å². The van der Waals surface area contributed by atoms with Crippen LogP contribution in [0.5, 0.6) is 0 Å². The minimum atomic E-state index is 0.207. The third kappa shape index (κ3) is 0.736. The van der Waals surface area contributed by atoms with E-state index in [9.17, 15) is 0 Å². The monoisotopic (exact) mass is 139 g/mol. The molecule has 0 spiro atoms. The van der Waals surface area contributed by atoms with Gasteiger partial charge < -0.3 is 11.1 Å². The maximum absolute atomic E-state index is 7.26. The van der Waals surface area contributed by atoms with Crippen LogP contribution in [0, 0.1) is 11.3 Å². The van der Waals surface area contributed by atoms with E-state index < -0.39 is 0 Å². The van der Waals surface area contributed by atoms with Crippen LogP contribution >= 0.6 is 0 Å². The van der Waals surface area contributed by atoms with Crippen molar-refractivity contribution >= 4 is 5.84 Å². The molecule has 2 fully saturated rings. The Kier molecular flexibility index (Phi) is 1.20. The van der Waals surface area contributed by atoms with Crippen LogP contribution in [0.25, 0.3) is 0 Å². The molecule has 0 aromatic carbocycles. The number of fused-ring (bicyclic) bond motifs is 2. The number of nitrogens with two attached hydrogens (primary N) is 1. The molecular weight excluding hydrogens is 126 g/mol. The topological polar surface area (TPSA) is 61.9 Å². The van der Waals surface area contributed by atoms with Crippen LogP contribution in [0.2, 0.25) is 0 Å². The Morgan fingerprint density at radius 1 is 1.50 bits per heavy atom. The van der Waals surface area contributed by atoms with Crippen molar-refractivity contribution in [2.45, 2.75) is 31.3 Å². The Hall–Kier alpha value is -0.570. The zero-order chi connectivity index (χ0) is 7.14. The van der Waals surface area contributed by atoms with Gasteiger partial charge >= 0.3 is 0 Å². The predicted molar refractivity (Wildman–Crippen MR) is 40.0 cm³/mol. The molecule has 10 heavy (non-hydrogen) atoms. The Labute approximate surface area is 60.5 Å². The van der Waals surface area contributed by atoms with E-state index in [2.05, 4.69) is 5.32 Å². The molecule has 3 atom stereocenters. The molecular formula is C7H13N3. The van der Waals surface area contributed by atoms with E-state index in [4.69, 9.17) is 11.1 Å². The summed E-state index contributed by atoms with van der Waals surface area (Å²) in [6, 6.07) is 0.873. The van der Waals surface area contributed by atoms with Gasteiger partial charge in [-0.15, -0.1) is 0 Å². The first-order valence-corrected chi connectivity index (χ1v) is 3.87. The van der Waals surface area contributed by atoms with E-state index in [0.717, 1.165) is 0 Å². The number of piperidine rings is 1. The highest BCUT2D eigenvalue weighted by Gasteiger charge is 2.40. The molecule has 2 bridgehead atoms. The van der Waals surface area contributed by atoms with E-state index in [-0.39, 0.29) is 6.04 Å². The van der Waals surface area contributed by atoms with Gasteiger partial charge in [-0.1, -0.05) is 0 Å². The van der Waals surface area contributed by atoms with Crippen molar-refractivity contribution in [2.24, 2.45) is 11.7 Å². The highest BCUT2D eigenvalue weighted by Crippen LogP contribution is 2.34. The number of amidine groups is 1. The van der Waals surface area contributed by atoms with E-state index in [0.29, 0.717) is 17.8 Å². The summed E-state index contributed by atoms with van der Waals surface area (Å²) in [5, 5.41) is 10.6. The lowest BCUT2D eigenvalue weighted by Crippen LogP contribution is -2.44. The zero-order valence-corrected chi connectivity index (χ0v) is 5.93. The Morgan fingerprint density at radius 3 is 2.60 bits per heavy atom. The second kappa shape index (κ2) is 1.95. The third-order valence-electron chi connectivity index (χ3n) is 2.69. The van der Waals surface area contributed by atoms with Crippen molar-refractivity contribution in [1.82, 2.24) is 5.32 Å². The van der Waals surface area contributed by atoms with Crippen LogP contribution in [0.15, 0.2) is 0 Å². The molecule has 0 amide bonds. The molecule has 2 aliphatic rings. The van der Waals surface area contributed by atoms with Gasteiger partial charge in [-0.2, -0.15) is 0 Å². The van der Waals surface area contributed by atoms with Gasteiger partial charge in [-0.3, -0.25) is 5.41 Å². The molecule has 1 unspecified atom stereocenters. The second-order valence-electron chi connectivity index (χ2n) is 3.37. The van der Waals surface area contributed by atoms with Gasteiger partial charge in [0.2, 0.25) is 0 Å². The number of nitrogens with one attached hydrogen (secondary N) is 2. The van der Waals surface area contributed by atoms with Crippen LogP contribution in [-0.2, 0) is 0 Å². The van der Waals surface area contributed by atoms with Crippen molar-refractivity contribution in [2.75, 3.05) is 0 Å². The lowest BCUT2D eigenvalue weighted by atomic mass is 9.99. The lowest BCUT2D eigenvalue weighted by Gasteiger charge is -2.21. The Bertz CT molecular complexity index is 166. The van der Waals surface area contributed by atoms with Crippen molar-refractivity contribution in [3.05, 3.63) is 0 Å². The summed E-state index contributed by atoms with van der Waals surface area (Å²) < 4.78 is 0. The smallest absolute Gasteiger partial charge is 0.108 e. The van der Waals surface area contributed by atoms with Crippen LogP contribution in [0.4, 0.5) is 0 Å². The van der Waals surface area contributed by atoms with Crippen molar-refractivity contribution in [1.29, 1.82) is 5.41 Å². The summed E-state index contributed by atoms with van der Waals surface area (Å²) in [4.78, 5) is 0. The summed E-state index contributed by atoms with van der Waals surface area (Å²) in [6.07, 6.45) is 3.79. The number of hydrogen-bond donors (Lipinski definition) is 3. The molecule has 1 aliphatic carbocycles. The fourth-order valence-corrected chi connectivity index (χ4v) is 2.20. The molecule has 0 aromatic rings. The first kappa shape index (κ1) is 6.16. The summed E-state index contributed by atoms with van der Waals surface area (Å²) in [7, 11) is 0. The van der Waals surface area contributed by atoms with Gasteiger partial charge in [0.25, 0.3) is 0 Å². The van der Waals surface area contributed by atoms with Gasteiger partial charge in [0.1, 0.15) is 5.84 Å². The highest BCUT2D eigenvalue weighted by atomic mass is 15.1. The van der Waals surface area contributed by atoms with E-state index in [1.807, 2.05) is 0 Å². The molecule has 0 aromatic heterocycles. The SMILES string of the molecule is N=C(N)C1N[C@@H]2CC[C@H]1C2. The minimum Gasteiger partial charge on any atom is -0.386 e. The Balaban J connectivity index is 2.08. The van der Waals surface area contributed by atoms with E-state index in [1.54, 1.807) is 0 Å². The number of rotatable bonds is 1. The maximum Gasteiger partial charge on any atom is 0.108 e. The fraction of sp³-hybridized carbons (Fsp3) is 0.857. The molecule has 3 heteroatoms. The minimum absolute atomic E-state index is 0.207. The Morgan fingerprint density at radius 2 is 2.30 bits per heavy atom. The van der Waals surface area contributed by atoms with Crippen LogP contribution in [0.1, 0.15) is 19.3 Å². The quantitative estimate of drug-likeness (QED) is 0.355. The van der Waals surface area contributed by atoms with Gasteiger partial charge in [-0.05, 0) is 25.2 Å². The fourth-order valence-electron chi connectivity index (χ4n) is 2.20. The van der Waals surface area contributed by atoms with Gasteiger partial charge in [0.05, 0.1) is 6.04 Å². The molecule has 0 radical (unpaired) electrons. The summed E-state index contributed by atoms with van der Waals surface area (Å²) in [5.41, 5.74) is 5.41. The van der Waals surface area contributed by atoms with Gasteiger partial charge in [-0.25, -0.2) is 0 Å². The summed E-state index contributed by atoms with van der Waals surface area (Å²) >= 11 is 0. The van der Waals surface area contributed by atoms with Crippen LogP contribution in [-0.4, -0.2) is 17.9 Å². The molecule has 1 saturated heterocycles. The normalized spacial score (nSPS) is 44.2. The van der Waals surface area contributed by atoms with Crippen molar-refractivity contribution in [3.63, 3.8) is 0 Å². The summed E-state index contributed by atoms with van der Waals surface area (Å²) in [6.45, 7) is 0. The molecule has 1 aliphatic heterocycles. The third-order valence-corrected chi connectivity index (χ3v) is 2.69. The van der Waals surface area contributed by atoms with E-state index in [1.165, 1.54) is 19.3 Å². The predicted octanol–water partition coefficient (Wildman–Crippen LogP) is 0.0629. The maximum atomic E-state index is 7.26. The highest BCUT2D eigenvalue weighted by molar-refractivity contribution is 5.83. The molecule has 56 valence electrons.